The van der Waals surface area contributed by atoms with E-state index in [0.29, 0.717) is 11.8 Å². The van der Waals surface area contributed by atoms with Crippen LogP contribution < -0.4 is 10.5 Å². The van der Waals surface area contributed by atoms with Gasteiger partial charge in [-0.15, -0.1) is 0 Å². The van der Waals surface area contributed by atoms with Crippen molar-refractivity contribution in [2.75, 3.05) is 14.2 Å². The van der Waals surface area contributed by atoms with E-state index in [-0.39, 0.29) is 0 Å². The van der Waals surface area contributed by atoms with Crippen LogP contribution in [0.1, 0.15) is 36.5 Å². The van der Waals surface area contributed by atoms with Gasteiger partial charge in [-0.3, -0.25) is 4.99 Å². The van der Waals surface area contributed by atoms with Crippen LogP contribution in [0.2, 0.25) is 0 Å². The Morgan fingerprint density at radius 1 is 1.38 bits per heavy atom. The number of amidine groups is 1. The topological polar surface area (TPSA) is 47.6 Å². The minimum Gasteiger partial charge on any atom is -0.496 e. The number of aliphatic imine (C=N–C) groups is 1. The molecule has 0 amide bonds. The van der Waals surface area contributed by atoms with Gasteiger partial charge in [0.05, 0.1) is 7.11 Å². The minimum atomic E-state index is 0.402. The molecule has 1 aromatic carbocycles. The number of hydrogen-bond acceptors (Lipinski definition) is 2. The van der Waals surface area contributed by atoms with Gasteiger partial charge in [0.2, 0.25) is 0 Å². The average molecular weight is 220 g/mol. The summed E-state index contributed by atoms with van der Waals surface area (Å²) < 4.78 is 5.38. The number of nitrogens with two attached hydrogens (primary N) is 1. The van der Waals surface area contributed by atoms with Crippen LogP contribution in [-0.2, 0) is 0 Å². The summed E-state index contributed by atoms with van der Waals surface area (Å²) in [5.41, 5.74) is 9.11. The van der Waals surface area contributed by atoms with Gasteiger partial charge >= 0.3 is 0 Å². The molecule has 88 valence electrons. The summed E-state index contributed by atoms with van der Waals surface area (Å²) in [7, 11) is 3.39. The smallest absolute Gasteiger partial charge is 0.125 e. The van der Waals surface area contributed by atoms with Crippen molar-refractivity contribution in [3.05, 3.63) is 28.8 Å². The quantitative estimate of drug-likeness (QED) is 0.628. The molecule has 1 aromatic rings. The first kappa shape index (κ1) is 12.6. The van der Waals surface area contributed by atoms with Crippen molar-refractivity contribution in [3.63, 3.8) is 0 Å². The van der Waals surface area contributed by atoms with Crippen LogP contribution in [0.3, 0.4) is 0 Å². The van der Waals surface area contributed by atoms with Gasteiger partial charge in [0, 0.05) is 12.6 Å². The highest BCUT2D eigenvalue weighted by molar-refractivity contribution is 5.99. The highest BCUT2D eigenvalue weighted by atomic mass is 16.5. The molecule has 0 aliphatic heterocycles. The van der Waals surface area contributed by atoms with Crippen molar-refractivity contribution >= 4 is 5.84 Å². The number of nitrogens with zero attached hydrogens (tertiary/aromatic N) is 1. The van der Waals surface area contributed by atoms with Gasteiger partial charge < -0.3 is 10.5 Å². The Morgan fingerprint density at radius 3 is 2.44 bits per heavy atom. The molecule has 0 heterocycles. The van der Waals surface area contributed by atoms with Gasteiger partial charge in [-0.25, -0.2) is 0 Å². The van der Waals surface area contributed by atoms with Gasteiger partial charge in [-0.05, 0) is 36.1 Å². The van der Waals surface area contributed by atoms with Gasteiger partial charge in [-0.1, -0.05) is 13.8 Å². The molecule has 0 saturated carbocycles. The highest BCUT2D eigenvalue weighted by Crippen LogP contribution is 2.29. The Morgan fingerprint density at radius 2 is 2.00 bits per heavy atom. The molecule has 0 aliphatic rings. The minimum absolute atomic E-state index is 0.402. The predicted octanol–water partition coefficient (Wildman–Crippen LogP) is 2.46. The molecule has 3 nitrogen and oxygen atoms in total. The number of methoxy groups -OCH3 is 1. The third kappa shape index (κ3) is 2.35. The second-order valence-electron chi connectivity index (χ2n) is 4.17. The summed E-state index contributed by atoms with van der Waals surface area (Å²) in [6.45, 7) is 6.28. The lowest BCUT2D eigenvalue weighted by molar-refractivity contribution is 0.407. The van der Waals surface area contributed by atoms with Crippen molar-refractivity contribution < 1.29 is 4.74 Å². The van der Waals surface area contributed by atoms with Gasteiger partial charge in [0.25, 0.3) is 0 Å². The SMILES string of the molecule is CN=C(N)c1cc(C(C)C)c(OC)cc1C. The maximum absolute atomic E-state index is 5.86. The number of benzene rings is 1. The molecule has 0 spiro atoms. The van der Waals surface area contributed by atoms with Crippen molar-refractivity contribution in [3.8, 4) is 5.75 Å². The van der Waals surface area contributed by atoms with Crippen molar-refractivity contribution in [1.29, 1.82) is 0 Å². The molecule has 1 rings (SSSR count). The van der Waals surface area contributed by atoms with Crippen molar-refractivity contribution in [2.24, 2.45) is 10.7 Å². The Hall–Kier alpha value is -1.51. The summed E-state index contributed by atoms with van der Waals surface area (Å²) in [6.07, 6.45) is 0. The van der Waals surface area contributed by atoms with E-state index < -0.39 is 0 Å². The Bertz CT molecular complexity index is 409. The summed E-state index contributed by atoms with van der Waals surface area (Å²) in [5.74, 6) is 1.89. The first-order valence-electron chi connectivity index (χ1n) is 5.42. The lowest BCUT2D eigenvalue weighted by Gasteiger charge is -2.15. The first-order chi connectivity index (χ1) is 7.51. The second-order valence-corrected chi connectivity index (χ2v) is 4.17. The summed E-state index contributed by atoms with van der Waals surface area (Å²) in [6, 6.07) is 4.09. The molecule has 2 N–H and O–H groups in total. The normalized spacial score (nSPS) is 12.0. The molecule has 3 heteroatoms. The molecule has 0 fully saturated rings. The number of hydrogen-bond donors (Lipinski definition) is 1. The molecule has 16 heavy (non-hydrogen) atoms. The molecule has 0 aromatic heterocycles. The van der Waals surface area contributed by atoms with Gasteiger partial charge in [0.1, 0.15) is 11.6 Å². The zero-order chi connectivity index (χ0) is 12.3. The van der Waals surface area contributed by atoms with E-state index in [1.54, 1.807) is 14.2 Å². The Kier molecular flexibility index (Phi) is 3.93. The maximum Gasteiger partial charge on any atom is 0.125 e. The predicted molar refractivity (Wildman–Crippen MR) is 68.5 cm³/mol. The van der Waals surface area contributed by atoms with Gasteiger partial charge in [0.15, 0.2) is 0 Å². The standard InChI is InChI=1S/C13H20N2O/c1-8(2)10-7-11(13(14)15-4)9(3)6-12(10)16-5/h6-8H,1-5H3,(H2,14,15). The first-order valence-corrected chi connectivity index (χ1v) is 5.42. The molecule has 0 saturated heterocycles. The Balaban J connectivity index is 3.39. The number of rotatable bonds is 3. The van der Waals surface area contributed by atoms with Crippen LogP contribution >= 0.6 is 0 Å². The fraction of sp³-hybridized carbons (Fsp3) is 0.462. The maximum atomic E-state index is 5.86. The average Bonchev–Trinajstić information content (AvgIpc) is 2.27. The van der Waals surface area contributed by atoms with E-state index in [9.17, 15) is 0 Å². The molecular weight excluding hydrogens is 200 g/mol. The molecule has 0 atom stereocenters. The zero-order valence-corrected chi connectivity index (χ0v) is 10.7. The van der Waals surface area contributed by atoms with Crippen molar-refractivity contribution in [2.45, 2.75) is 26.7 Å². The second kappa shape index (κ2) is 5.01. The lowest BCUT2D eigenvalue weighted by atomic mass is 9.96. The number of ether oxygens (including phenoxy) is 1. The van der Waals surface area contributed by atoms with Crippen molar-refractivity contribution in [1.82, 2.24) is 0 Å². The van der Waals surface area contributed by atoms with E-state index in [2.05, 4.69) is 24.9 Å². The van der Waals surface area contributed by atoms with E-state index >= 15 is 0 Å². The largest absolute Gasteiger partial charge is 0.496 e. The van der Waals surface area contributed by atoms with Crippen LogP contribution in [-0.4, -0.2) is 20.0 Å². The lowest BCUT2D eigenvalue weighted by Crippen LogP contribution is -2.15. The monoisotopic (exact) mass is 220 g/mol. The van der Waals surface area contributed by atoms with Crippen LogP contribution in [0.15, 0.2) is 17.1 Å². The fourth-order valence-corrected chi connectivity index (χ4v) is 1.72. The fourth-order valence-electron chi connectivity index (χ4n) is 1.72. The number of aryl methyl sites for hydroxylation is 1. The van der Waals surface area contributed by atoms with Gasteiger partial charge in [-0.2, -0.15) is 0 Å². The molecular formula is C13H20N2O. The molecule has 0 bridgehead atoms. The zero-order valence-electron chi connectivity index (χ0n) is 10.7. The van der Waals surface area contributed by atoms with E-state index in [0.717, 1.165) is 22.4 Å². The molecule has 0 radical (unpaired) electrons. The van der Waals surface area contributed by atoms with Crippen LogP contribution in [0, 0.1) is 6.92 Å². The summed E-state index contributed by atoms with van der Waals surface area (Å²) in [5, 5.41) is 0. The Labute approximate surface area is 97.3 Å². The van der Waals surface area contributed by atoms with Crippen LogP contribution in [0.4, 0.5) is 0 Å². The molecule has 0 aliphatic carbocycles. The van der Waals surface area contributed by atoms with E-state index in [1.807, 2.05) is 13.0 Å². The highest BCUT2D eigenvalue weighted by Gasteiger charge is 2.12. The summed E-state index contributed by atoms with van der Waals surface area (Å²) in [4.78, 5) is 4.03. The third-order valence-corrected chi connectivity index (χ3v) is 2.72. The van der Waals surface area contributed by atoms with E-state index in [4.69, 9.17) is 10.5 Å². The van der Waals surface area contributed by atoms with Crippen LogP contribution in [0.25, 0.3) is 0 Å². The molecule has 0 unspecified atom stereocenters. The van der Waals surface area contributed by atoms with Crippen LogP contribution in [0.5, 0.6) is 5.75 Å². The third-order valence-electron chi connectivity index (χ3n) is 2.72. The van der Waals surface area contributed by atoms with E-state index in [1.165, 1.54) is 0 Å². The summed E-state index contributed by atoms with van der Waals surface area (Å²) >= 11 is 0.